The Morgan fingerprint density at radius 3 is 2.45 bits per heavy atom. The molecule has 0 aromatic heterocycles. The number of amides is 1. The van der Waals surface area contributed by atoms with Gasteiger partial charge in [-0.15, -0.1) is 0 Å². The van der Waals surface area contributed by atoms with Crippen LogP contribution in [0.15, 0.2) is 30.3 Å². The van der Waals surface area contributed by atoms with Crippen molar-refractivity contribution in [2.24, 2.45) is 11.8 Å². The number of carboxylic acid groups (broad SMARTS) is 1. The van der Waals surface area contributed by atoms with Gasteiger partial charge >= 0.3 is 5.97 Å². The molecule has 20 heavy (non-hydrogen) atoms. The molecule has 0 fully saturated rings. The minimum atomic E-state index is -0.877. The van der Waals surface area contributed by atoms with Gasteiger partial charge in [0.25, 0.3) is 0 Å². The lowest BCUT2D eigenvalue weighted by Crippen LogP contribution is -2.34. The Labute approximate surface area is 120 Å². The van der Waals surface area contributed by atoms with E-state index in [9.17, 15) is 14.7 Å². The number of hydrogen-bond donors (Lipinski definition) is 2. The van der Waals surface area contributed by atoms with Crippen molar-refractivity contribution >= 4 is 11.9 Å². The molecule has 0 saturated heterocycles. The minimum Gasteiger partial charge on any atom is -0.481 e. The average Bonchev–Trinajstić information content (AvgIpc) is 2.44. The fourth-order valence-electron chi connectivity index (χ4n) is 1.92. The largest absolute Gasteiger partial charge is 0.481 e. The molecule has 0 radical (unpaired) electrons. The van der Waals surface area contributed by atoms with Crippen LogP contribution in [0.3, 0.4) is 0 Å². The number of carbonyl (C=O) groups is 2. The molecule has 4 nitrogen and oxygen atoms in total. The van der Waals surface area contributed by atoms with E-state index in [4.69, 9.17) is 0 Å². The molecule has 0 aliphatic heterocycles. The number of aliphatic carboxylic acids is 1. The first-order valence-electron chi connectivity index (χ1n) is 7.06. The molecule has 4 heteroatoms. The van der Waals surface area contributed by atoms with Gasteiger partial charge in [-0.1, -0.05) is 50.6 Å². The highest BCUT2D eigenvalue weighted by atomic mass is 16.4. The van der Waals surface area contributed by atoms with Crippen LogP contribution >= 0.6 is 0 Å². The lowest BCUT2D eigenvalue weighted by Gasteiger charge is -2.14. The van der Waals surface area contributed by atoms with Crippen LogP contribution in [0.1, 0.15) is 32.3 Å². The Hall–Kier alpha value is -1.84. The maximum atomic E-state index is 11.7. The molecule has 0 bridgehead atoms. The SMILES string of the molecule is CCC(C)CC(=O)NCC(Cc1ccccc1)C(=O)O. The van der Waals surface area contributed by atoms with Crippen LogP contribution in [-0.2, 0) is 16.0 Å². The molecule has 2 N–H and O–H groups in total. The predicted octanol–water partition coefficient (Wildman–Crippen LogP) is 2.48. The van der Waals surface area contributed by atoms with Gasteiger partial charge in [0.1, 0.15) is 0 Å². The first-order valence-corrected chi connectivity index (χ1v) is 7.06. The quantitative estimate of drug-likeness (QED) is 0.767. The number of nitrogens with one attached hydrogen (secondary N) is 1. The maximum Gasteiger partial charge on any atom is 0.308 e. The first-order chi connectivity index (χ1) is 9.52. The second kappa shape index (κ2) is 8.35. The third-order valence-corrected chi connectivity index (χ3v) is 3.45. The van der Waals surface area contributed by atoms with E-state index in [0.29, 0.717) is 18.8 Å². The topological polar surface area (TPSA) is 66.4 Å². The molecule has 0 spiro atoms. The summed E-state index contributed by atoms with van der Waals surface area (Å²) in [6, 6.07) is 9.46. The Bertz CT molecular complexity index is 431. The van der Waals surface area contributed by atoms with Crippen LogP contribution in [-0.4, -0.2) is 23.5 Å². The number of benzene rings is 1. The molecule has 0 aliphatic carbocycles. The van der Waals surface area contributed by atoms with Crippen LogP contribution < -0.4 is 5.32 Å². The number of hydrogen-bond acceptors (Lipinski definition) is 2. The van der Waals surface area contributed by atoms with Gasteiger partial charge in [-0.25, -0.2) is 0 Å². The Morgan fingerprint density at radius 1 is 1.25 bits per heavy atom. The van der Waals surface area contributed by atoms with Crippen molar-refractivity contribution in [3.8, 4) is 0 Å². The van der Waals surface area contributed by atoms with E-state index < -0.39 is 11.9 Å². The van der Waals surface area contributed by atoms with E-state index >= 15 is 0 Å². The molecule has 2 atom stereocenters. The average molecular weight is 277 g/mol. The monoisotopic (exact) mass is 277 g/mol. The third-order valence-electron chi connectivity index (χ3n) is 3.45. The molecular formula is C16H23NO3. The summed E-state index contributed by atoms with van der Waals surface area (Å²) in [5.41, 5.74) is 0.969. The lowest BCUT2D eigenvalue weighted by molar-refractivity contribution is -0.141. The van der Waals surface area contributed by atoms with E-state index in [1.807, 2.05) is 44.2 Å². The molecule has 2 unspecified atom stereocenters. The zero-order valence-corrected chi connectivity index (χ0v) is 12.1. The van der Waals surface area contributed by atoms with Crippen molar-refractivity contribution in [2.45, 2.75) is 33.1 Å². The summed E-state index contributed by atoms with van der Waals surface area (Å²) < 4.78 is 0. The Balaban J connectivity index is 2.48. The third kappa shape index (κ3) is 5.87. The van der Waals surface area contributed by atoms with E-state index in [2.05, 4.69) is 5.32 Å². The molecule has 1 rings (SSSR count). The second-order valence-electron chi connectivity index (χ2n) is 5.25. The Morgan fingerprint density at radius 2 is 1.90 bits per heavy atom. The van der Waals surface area contributed by atoms with Crippen LogP contribution in [0.25, 0.3) is 0 Å². The van der Waals surface area contributed by atoms with Gasteiger partial charge in [-0.3, -0.25) is 9.59 Å². The molecule has 0 saturated carbocycles. The van der Waals surface area contributed by atoms with E-state index in [1.54, 1.807) is 0 Å². The van der Waals surface area contributed by atoms with Crippen molar-refractivity contribution in [1.82, 2.24) is 5.32 Å². The fraction of sp³-hybridized carbons (Fsp3) is 0.500. The highest BCUT2D eigenvalue weighted by molar-refractivity contribution is 5.77. The molecular weight excluding hydrogens is 254 g/mol. The van der Waals surface area contributed by atoms with Crippen LogP contribution in [0.5, 0.6) is 0 Å². The molecule has 1 aromatic carbocycles. The number of carbonyl (C=O) groups excluding carboxylic acids is 1. The summed E-state index contributed by atoms with van der Waals surface area (Å²) in [7, 11) is 0. The first kappa shape index (κ1) is 16.2. The van der Waals surface area contributed by atoms with Crippen LogP contribution in [0.4, 0.5) is 0 Å². The summed E-state index contributed by atoms with van der Waals surface area (Å²) in [6.45, 7) is 4.23. The molecule has 110 valence electrons. The summed E-state index contributed by atoms with van der Waals surface area (Å²) in [5, 5.41) is 12.0. The van der Waals surface area contributed by atoms with E-state index in [0.717, 1.165) is 12.0 Å². The maximum absolute atomic E-state index is 11.7. The van der Waals surface area contributed by atoms with Gasteiger partial charge in [0, 0.05) is 13.0 Å². The predicted molar refractivity (Wildman–Crippen MR) is 78.4 cm³/mol. The summed E-state index contributed by atoms with van der Waals surface area (Å²) >= 11 is 0. The van der Waals surface area contributed by atoms with Crippen LogP contribution in [0, 0.1) is 11.8 Å². The van der Waals surface area contributed by atoms with Gasteiger partial charge in [-0.2, -0.15) is 0 Å². The van der Waals surface area contributed by atoms with Gasteiger partial charge in [0.15, 0.2) is 0 Å². The number of rotatable bonds is 8. The highest BCUT2D eigenvalue weighted by Gasteiger charge is 2.19. The standard InChI is InChI=1S/C16H23NO3/c1-3-12(2)9-15(18)17-11-14(16(19)20)10-13-7-5-4-6-8-13/h4-8,12,14H,3,9-11H2,1-2H3,(H,17,18)(H,19,20). The normalized spacial score (nSPS) is 13.5. The van der Waals surface area contributed by atoms with Crippen LogP contribution in [0.2, 0.25) is 0 Å². The zero-order chi connectivity index (χ0) is 15.0. The molecule has 0 heterocycles. The van der Waals surface area contributed by atoms with Gasteiger partial charge in [0.05, 0.1) is 5.92 Å². The Kier molecular flexibility index (Phi) is 6.77. The summed E-state index contributed by atoms with van der Waals surface area (Å²) in [6.07, 6.45) is 1.83. The van der Waals surface area contributed by atoms with Gasteiger partial charge in [0.2, 0.25) is 5.91 Å². The van der Waals surface area contributed by atoms with Crippen molar-refractivity contribution in [1.29, 1.82) is 0 Å². The van der Waals surface area contributed by atoms with Crippen molar-refractivity contribution in [2.75, 3.05) is 6.54 Å². The van der Waals surface area contributed by atoms with Gasteiger partial charge < -0.3 is 10.4 Å². The van der Waals surface area contributed by atoms with Crippen molar-refractivity contribution < 1.29 is 14.7 Å². The minimum absolute atomic E-state index is 0.0707. The van der Waals surface area contributed by atoms with E-state index in [1.165, 1.54) is 0 Å². The fourth-order valence-corrected chi connectivity index (χ4v) is 1.92. The summed E-state index contributed by atoms with van der Waals surface area (Å²) in [4.78, 5) is 22.9. The lowest BCUT2D eigenvalue weighted by atomic mass is 9.99. The van der Waals surface area contributed by atoms with Crippen molar-refractivity contribution in [3.05, 3.63) is 35.9 Å². The number of carboxylic acids is 1. The zero-order valence-electron chi connectivity index (χ0n) is 12.1. The molecule has 0 aliphatic rings. The molecule has 1 amide bonds. The van der Waals surface area contributed by atoms with Crippen molar-refractivity contribution in [3.63, 3.8) is 0 Å². The second-order valence-corrected chi connectivity index (χ2v) is 5.25. The van der Waals surface area contributed by atoms with E-state index in [-0.39, 0.29) is 12.5 Å². The smallest absolute Gasteiger partial charge is 0.308 e. The summed E-state index contributed by atoms with van der Waals surface area (Å²) in [5.74, 6) is -1.21. The molecule has 1 aromatic rings. The highest BCUT2D eigenvalue weighted by Crippen LogP contribution is 2.09. The van der Waals surface area contributed by atoms with Gasteiger partial charge in [-0.05, 0) is 17.9 Å².